The first kappa shape index (κ1) is 15.5. The quantitative estimate of drug-likeness (QED) is 0.825. The van der Waals surface area contributed by atoms with Crippen LogP contribution >= 0.6 is 0 Å². The molecule has 1 aliphatic heterocycles. The number of nitrogens with zero attached hydrogens (tertiary/aromatic N) is 1. The minimum Gasteiger partial charge on any atom is -0.481 e. The van der Waals surface area contributed by atoms with Crippen LogP contribution in [0.3, 0.4) is 0 Å². The number of amides is 2. The molecule has 6 heteroatoms. The van der Waals surface area contributed by atoms with Crippen molar-refractivity contribution in [2.45, 2.75) is 46.6 Å². The molecule has 0 aromatic rings. The van der Waals surface area contributed by atoms with Crippen molar-refractivity contribution in [1.29, 1.82) is 0 Å². The Bertz CT molecular complexity index is 388. The smallest absolute Gasteiger partial charge is 0.416 e. The normalized spacial score (nSPS) is 19.7. The van der Waals surface area contributed by atoms with Crippen molar-refractivity contribution in [3.8, 4) is 0 Å². The van der Waals surface area contributed by atoms with E-state index in [-0.39, 0.29) is 37.3 Å². The van der Waals surface area contributed by atoms with Gasteiger partial charge in [-0.1, -0.05) is 13.8 Å². The van der Waals surface area contributed by atoms with Crippen molar-refractivity contribution in [2.24, 2.45) is 11.3 Å². The first-order valence-electron chi connectivity index (χ1n) is 6.39. The van der Waals surface area contributed by atoms with Crippen LogP contribution in [0.4, 0.5) is 4.79 Å². The average molecular weight is 271 g/mol. The lowest BCUT2D eigenvalue weighted by Crippen LogP contribution is -2.42. The Kier molecular flexibility index (Phi) is 4.55. The minimum atomic E-state index is -0.980. The number of hydrogen-bond acceptors (Lipinski definition) is 4. The highest BCUT2D eigenvalue weighted by atomic mass is 16.6. The highest BCUT2D eigenvalue weighted by Gasteiger charge is 2.40. The zero-order chi connectivity index (χ0) is 14.8. The zero-order valence-corrected chi connectivity index (χ0v) is 11.8. The number of carbonyl (C=O) groups is 3. The largest absolute Gasteiger partial charge is 0.481 e. The molecule has 6 nitrogen and oxygen atoms in total. The number of rotatable bonds is 5. The Hall–Kier alpha value is -1.59. The number of hydrogen-bond donors (Lipinski definition) is 1. The molecule has 1 saturated heterocycles. The van der Waals surface area contributed by atoms with Gasteiger partial charge in [-0.2, -0.15) is 0 Å². The summed E-state index contributed by atoms with van der Waals surface area (Å²) < 4.78 is 4.89. The second-order valence-corrected chi connectivity index (χ2v) is 5.84. The van der Waals surface area contributed by atoms with E-state index >= 15 is 0 Å². The van der Waals surface area contributed by atoms with Crippen LogP contribution in [0.5, 0.6) is 0 Å². The summed E-state index contributed by atoms with van der Waals surface area (Å²) in [5.41, 5.74) is -0.980. The molecular formula is C13H21NO5. The third-order valence-electron chi connectivity index (χ3n) is 3.49. The van der Waals surface area contributed by atoms with Crippen LogP contribution in [0.2, 0.25) is 0 Å². The maximum Gasteiger partial charge on any atom is 0.416 e. The third-order valence-corrected chi connectivity index (χ3v) is 3.49. The van der Waals surface area contributed by atoms with Crippen LogP contribution in [0.15, 0.2) is 0 Å². The zero-order valence-electron chi connectivity index (χ0n) is 11.8. The van der Waals surface area contributed by atoms with Crippen LogP contribution < -0.4 is 0 Å². The van der Waals surface area contributed by atoms with E-state index in [1.54, 1.807) is 13.8 Å². The maximum atomic E-state index is 12.1. The lowest BCUT2D eigenvalue weighted by atomic mass is 9.87. The van der Waals surface area contributed by atoms with E-state index in [1.165, 1.54) is 0 Å². The van der Waals surface area contributed by atoms with E-state index < -0.39 is 17.5 Å². The van der Waals surface area contributed by atoms with Gasteiger partial charge in [-0.15, -0.1) is 0 Å². The van der Waals surface area contributed by atoms with Gasteiger partial charge in [0.05, 0.1) is 11.5 Å². The average Bonchev–Trinajstić information content (AvgIpc) is 2.68. The summed E-state index contributed by atoms with van der Waals surface area (Å²) in [6.07, 6.45) is -0.412. The van der Waals surface area contributed by atoms with E-state index in [4.69, 9.17) is 9.84 Å². The monoisotopic (exact) mass is 271 g/mol. The Labute approximate surface area is 112 Å². The van der Waals surface area contributed by atoms with E-state index in [0.29, 0.717) is 0 Å². The molecule has 1 heterocycles. The summed E-state index contributed by atoms with van der Waals surface area (Å²) in [6, 6.07) is -0.257. The molecule has 19 heavy (non-hydrogen) atoms. The van der Waals surface area contributed by atoms with E-state index in [9.17, 15) is 14.4 Å². The van der Waals surface area contributed by atoms with Crippen molar-refractivity contribution in [3.63, 3.8) is 0 Å². The predicted molar refractivity (Wildman–Crippen MR) is 67.5 cm³/mol. The van der Waals surface area contributed by atoms with E-state index in [2.05, 4.69) is 0 Å². The molecule has 108 valence electrons. The van der Waals surface area contributed by atoms with E-state index in [0.717, 1.165) is 4.90 Å². The molecule has 0 saturated carbocycles. The lowest BCUT2D eigenvalue weighted by Gasteiger charge is -2.24. The van der Waals surface area contributed by atoms with Gasteiger partial charge in [-0.05, 0) is 26.2 Å². The summed E-state index contributed by atoms with van der Waals surface area (Å²) in [6.45, 7) is 7.16. The van der Waals surface area contributed by atoms with Crippen LogP contribution in [-0.2, 0) is 14.3 Å². The van der Waals surface area contributed by atoms with Gasteiger partial charge in [0, 0.05) is 6.42 Å². The molecule has 1 N–H and O–H groups in total. The molecule has 0 aliphatic carbocycles. The molecule has 1 rings (SSSR count). The van der Waals surface area contributed by atoms with Crippen molar-refractivity contribution < 1.29 is 24.2 Å². The molecule has 0 bridgehead atoms. The fourth-order valence-electron chi connectivity index (χ4n) is 1.86. The Morgan fingerprint density at radius 3 is 2.53 bits per heavy atom. The van der Waals surface area contributed by atoms with Gasteiger partial charge in [0.2, 0.25) is 5.91 Å². The molecule has 0 unspecified atom stereocenters. The molecule has 1 fully saturated rings. The number of carboxylic acids is 1. The van der Waals surface area contributed by atoms with Gasteiger partial charge in [0.15, 0.2) is 0 Å². The Morgan fingerprint density at radius 2 is 2.05 bits per heavy atom. The van der Waals surface area contributed by atoms with E-state index in [1.807, 2.05) is 13.8 Å². The third kappa shape index (κ3) is 3.45. The van der Waals surface area contributed by atoms with Gasteiger partial charge in [0.1, 0.15) is 6.61 Å². The van der Waals surface area contributed by atoms with Gasteiger partial charge < -0.3 is 9.84 Å². The SMILES string of the molecule is CC(C)[C@H]1COC(=O)N1C(=O)CCC(C)(C)C(=O)O. The fraction of sp³-hybridized carbons (Fsp3) is 0.769. The number of aliphatic carboxylic acids is 1. The van der Waals surface area contributed by atoms with Crippen LogP contribution in [0.25, 0.3) is 0 Å². The van der Waals surface area contributed by atoms with Gasteiger partial charge in [-0.3, -0.25) is 9.59 Å². The molecule has 2 amide bonds. The summed E-state index contributed by atoms with van der Waals surface area (Å²) in [5, 5.41) is 9.00. The Balaban J connectivity index is 2.67. The highest BCUT2D eigenvalue weighted by Crippen LogP contribution is 2.26. The van der Waals surface area contributed by atoms with Crippen LogP contribution in [0.1, 0.15) is 40.5 Å². The Morgan fingerprint density at radius 1 is 1.47 bits per heavy atom. The second-order valence-electron chi connectivity index (χ2n) is 5.84. The standard InChI is InChI=1S/C13H21NO5/c1-8(2)9-7-19-12(18)14(9)10(15)5-6-13(3,4)11(16)17/h8-9H,5-7H2,1-4H3,(H,16,17)/t9-/m1/s1. The summed E-state index contributed by atoms with van der Waals surface area (Å²) in [4.78, 5) is 35.7. The topological polar surface area (TPSA) is 83.9 Å². The highest BCUT2D eigenvalue weighted by molar-refractivity contribution is 5.93. The molecule has 1 atom stereocenters. The minimum absolute atomic E-state index is 0.0254. The maximum absolute atomic E-state index is 12.1. The number of cyclic esters (lactones) is 1. The summed E-state index contributed by atoms with van der Waals surface area (Å²) in [5.74, 6) is -1.21. The summed E-state index contributed by atoms with van der Waals surface area (Å²) in [7, 11) is 0. The molecule has 0 aromatic heterocycles. The lowest BCUT2D eigenvalue weighted by molar-refractivity contribution is -0.147. The van der Waals surface area contributed by atoms with Crippen molar-refractivity contribution in [2.75, 3.05) is 6.61 Å². The molecule has 1 aliphatic rings. The van der Waals surface area contributed by atoms with Crippen LogP contribution in [-0.4, -0.2) is 40.6 Å². The predicted octanol–water partition coefficient (Wildman–Crippen LogP) is 1.88. The van der Waals surface area contributed by atoms with Gasteiger partial charge >= 0.3 is 12.1 Å². The number of carbonyl (C=O) groups excluding carboxylic acids is 2. The first-order chi connectivity index (χ1) is 8.66. The summed E-state index contributed by atoms with van der Waals surface area (Å²) >= 11 is 0. The second kappa shape index (κ2) is 5.59. The van der Waals surface area contributed by atoms with Crippen molar-refractivity contribution >= 4 is 18.0 Å². The molecule has 0 spiro atoms. The molecule has 0 aromatic carbocycles. The fourth-order valence-corrected chi connectivity index (χ4v) is 1.86. The van der Waals surface area contributed by atoms with Crippen molar-refractivity contribution in [3.05, 3.63) is 0 Å². The molecule has 0 radical (unpaired) electrons. The van der Waals surface area contributed by atoms with Gasteiger partial charge in [0.25, 0.3) is 0 Å². The molecular weight excluding hydrogens is 250 g/mol. The van der Waals surface area contributed by atoms with Crippen LogP contribution in [0, 0.1) is 11.3 Å². The number of imide groups is 1. The van der Waals surface area contributed by atoms with Crippen molar-refractivity contribution in [1.82, 2.24) is 4.90 Å². The first-order valence-corrected chi connectivity index (χ1v) is 6.39. The number of carboxylic acid groups (broad SMARTS) is 1. The number of ether oxygens (including phenoxy) is 1. The van der Waals surface area contributed by atoms with Gasteiger partial charge in [-0.25, -0.2) is 9.69 Å².